The quantitative estimate of drug-likeness (QED) is 0.742. The molecule has 7 nitrogen and oxygen atoms in total. The van der Waals surface area contributed by atoms with Crippen molar-refractivity contribution in [2.45, 2.75) is 13.0 Å². The van der Waals surface area contributed by atoms with Gasteiger partial charge in [0.1, 0.15) is 11.8 Å². The summed E-state index contributed by atoms with van der Waals surface area (Å²) >= 11 is 0. The molecular weight excluding hydrogens is 262 g/mol. The number of nitrogens with one attached hydrogen (secondary N) is 1. The molecule has 1 saturated heterocycles. The number of hydrogen-bond donors (Lipinski definition) is 2. The third-order valence-electron chi connectivity index (χ3n) is 3.05. The summed E-state index contributed by atoms with van der Waals surface area (Å²) < 4.78 is 4.97. The van der Waals surface area contributed by atoms with Gasteiger partial charge in [0.15, 0.2) is 5.69 Å². The molecule has 1 aromatic heterocycles. The summed E-state index contributed by atoms with van der Waals surface area (Å²) in [5.74, 6) is -1.12. The van der Waals surface area contributed by atoms with E-state index in [0.717, 1.165) is 0 Å². The highest BCUT2D eigenvalue weighted by molar-refractivity contribution is 5.97. The Balaban J connectivity index is 2.22. The second-order valence-electron chi connectivity index (χ2n) is 4.34. The molecule has 1 aliphatic rings. The molecular formula is C13H17N3O4. The maximum atomic E-state index is 12.4. The summed E-state index contributed by atoms with van der Waals surface area (Å²) in [6, 6.07) is 2.23. The van der Waals surface area contributed by atoms with Gasteiger partial charge in [-0.3, -0.25) is 4.79 Å². The van der Waals surface area contributed by atoms with E-state index in [9.17, 15) is 14.7 Å². The molecule has 0 aliphatic carbocycles. The van der Waals surface area contributed by atoms with Gasteiger partial charge in [-0.15, -0.1) is 0 Å². The highest BCUT2D eigenvalue weighted by Gasteiger charge is 2.34. The monoisotopic (exact) mass is 279 g/mol. The van der Waals surface area contributed by atoms with E-state index >= 15 is 0 Å². The first-order valence-corrected chi connectivity index (χ1v) is 6.47. The Morgan fingerprint density at radius 1 is 1.60 bits per heavy atom. The first-order valence-electron chi connectivity index (χ1n) is 6.47. The Bertz CT molecular complexity index is 506. The standard InChI is InChI=1S/C13H17N3O4/c1-2-20-13(19)9-8-14-6-7-16(9)12(18)11-10(17)4-3-5-15-11/h3-5,9,14,17H,2,6-8H2,1H3. The molecule has 0 spiro atoms. The summed E-state index contributed by atoms with van der Waals surface area (Å²) in [5, 5.41) is 12.7. The number of piperazine rings is 1. The number of pyridine rings is 1. The molecule has 20 heavy (non-hydrogen) atoms. The molecule has 0 saturated carbocycles. The molecule has 2 N–H and O–H groups in total. The summed E-state index contributed by atoms with van der Waals surface area (Å²) in [5.41, 5.74) is -0.0521. The molecule has 108 valence electrons. The molecule has 7 heteroatoms. The van der Waals surface area contributed by atoms with Crippen LogP contribution in [0.2, 0.25) is 0 Å². The minimum atomic E-state index is -0.697. The van der Waals surface area contributed by atoms with Crippen molar-refractivity contribution in [3.05, 3.63) is 24.0 Å². The number of rotatable bonds is 3. The fourth-order valence-electron chi connectivity index (χ4n) is 2.09. The van der Waals surface area contributed by atoms with E-state index in [1.807, 2.05) is 0 Å². The average molecular weight is 279 g/mol. The number of aromatic hydroxyl groups is 1. The number of carbonyl (C=O) groups is 2. The molecule has 1 atom stereocenters. The Morgan fingerprint density at radius 3 is 3.10 bits per heavy atom. The fraction of sp³-hybridized carbons (Fsp3) is 0.462. The Morgan fingerprint density at radius 2 is 2.40 bits per heavy atom. The second-order valence-corrected chi connectivity index (χ2v) is 4.34. The number of aromatic nitrogens is 1. The van der Waals surface area contributed by atoms with E-state index in [4.69, 9.17) is 4.74 Å². The minimum absolute atomic E-state index is 0.0521. The largest absolute Gasteiger partial charge is 0.505 e. The van der Waals surface area contributed by atoms with Crippen molar-refractivity contribution in [2.24, 2.45) is 0 Å². The number of nitrogens with zero attached hydrogens (tertiary/aromatic N) is 2. The lowest BCUT2D eigenvalue weighted by Gasteiger charge is -2.34. The molecule has 0 radical (unpaired) electrons. The van der Waals surface area contributed by atoms with E-state index in [0.29, 0.717) is 19.6 Å². The third kappa shape index (κ3) is 2.88. The van der Waals surface area contributed by atoms with Gasteiger partial charge in [0.2, 0.25) is 0 Å². The van der Waals surface area contributed by atoms with Crippen molar-refractivity contribution in [1.29, 1.82) is 0 Å². The summed E-state index contributed by atoms with van der Waals surface area (Å²) in [4.78, 5) is 29.6. The van der Waals surface area contributed by atoms with Crippen molar-refractivity contribution in [3.63, 3.8) is 0 Å². The van der Waals surface area contributed by atoms with Crippen LogP contribution < -0.4 is 5.32 Å². The van der Waals surface area contributed by atoms with E-state index in [-0.39, 0.29) is 18.1 Å². The van der Waals surface area contributed by atoms with Crippen LogP contribution in [0, 0.1) is 0 Å². The number of ether oxygens (including phenoxy) is 1. The minimum Gasteiger partial charge on any atom is -0.505 e. The van der Waals surface area contributed by atoms with E-state index < -0.39 is 17.9 Å². The van der Waals surface area contributed by atoms with E-state index in [2.05, 4.69) is 10.3 Å². The third-order valence-corrected chi connectivity index (χ3v) is 3.05. The summed E-state index contributed by atoms with van der Waals surface area (Å²) in [6.45, 7) is 3.24. The summed E-state index contributed by atoms with van der Waals surface area (Å²) in [6.07, 6.45) is 1.43. The molecule has 0 bridgehead atoms. The topological polar surface area (TPSA) is 91.8 Å². The van der Waals surface area contributed by atoms with Gasteiger partial charge in [0.05, 0.1) is 6.61 Å². The predicted octanol–water partition coefficient (Wildman–Crippen LogP) is -0.236. The number of amides is 1. The fourth-order valence-corrected chi connectivity index (χ4v) is 2.09. The van der Waals surface area contributed by atoms with E-state index in [1.165, 1.54) is 23.2 Å². The van der Waals surface area contributed by atoms with Crippen molar-refractivity contribution in [3.8, 4) is 5.75 Å². The zero-order valence-electron chi connectivity index (χ0n) is 11.2. The van der Waals surface area contributed by atoms with Crippen LogP contribution in [0.15, 0.2) is 18.3 Å². The van der Waals surface area contributed by atoms with Crippen molar-refractivity contribution in [2.75, 3.05) is 26.2 Å². The van der Waals surface area contributed by atoms with Gasteiger partial charge in [0.25, 0.3) is 5.91 Å². The molecule has 1 unspecified atom stereocenters. The number of esters is 1. The molecule has 1 fully saturated rings. The van der Waals surface area contributed by atoms with Crippen molar-refractivity contribution >= 4 is 11.9 Å². The average Bonchev–Trinajstić information content (AvgIpc) is 2.47. The highest BCUT2D eigenvalue weighted by Crippen LogP contribution is 2.17. The van der Waals surface area contributed by atoms with Gasteiger partial charge < -0.3 is 20.1 Å². The Hall–Kier alpha value is -2.15. The molecule has 2 rings (SSSR count). The lowest BCUT2D eigenvalue weighted by molar-refractivity contribution is -0.149. The first-order chi connectivity index (χ1) is 9.65. The SMILES string of the molecule is CCOC(=O)C1CNCCN1C(=O)c1ncccc1O. The molecule has 0 aromatic carbocycles. The maximum Gasteiger partial charge on any atom is 0.330 e. The maximum absolute atomic E-state index is 12.4. The van der Waals surface area contributed by atoms with Crippen molar-refractivity contribution in [1.82, 2.24) is 15.2 Å². The number of hydrogen-bond acceptors (Lipinski definition) is 6. The zero-order valence-corrected chi connectivity index (χ0v) is 11.2. The van der Waals surface area contributed by atoms with Crippen LogP contribution in [0.25, 0.3) is 0 Å². The molecule has 1 amide bonds. The van der Waals surface area contributed by atoms with Gasteiger partial charge in [-0.2, -0.15) is 0 Å². The lowest BCUT2D eigenvalue weighted by Crippen LogP contribution is -2.57. The van der Waals surface area contributed by atoms with Crippen LogP contribution in [-0.2, 0) is 9.53 Å². The van der Waals surface area contributed by atoms with Gasteiger partial charge in [-0.05, 0) is 19.1 Å². The molecule has 1 aromatic rings. The van der Waals surface area contributed by atoms with Gasteiger partial charge >= 0.3 is 5.97 Å². The van der Waals surface area contributed by atoms with Gasteiger partial charge in [-0.25, -0.2) is 9.78 Å². The van der Waals surface area contributed by atoms with Crippen molar-refractivity contribution < 1.29 is 19.4 Å². The summed E-state index contributed by atoms with van der Waals surface area (Å²) in [7, 11) is 0. The molecule has 1 aliphatic heterocycles. The lowest BCUT2D eigenvalue weighted by atomic mass is 10.1. The van der Waals surface area contributed by atoms with Crippen LogP contribution in [-0.4, -0.2) is 59.1 Å². The van der Waals surface area contributed by atoms with Crippen LogP contribution >= 0.6 is 0 Å². The van der Waals surface area contributed by atoms with Crippen LogP contribution in [0.4, 0.5) is 0 Å². The Kier molecular flexibility index (Phi) is 4.52. The van der Waals surface area contributed by atoms with Gasteiger partial charge in [0, 0.05) is 25.8 Å². The van der Waals surface area contributed by atoms with Crippen LogP contribution in [0.1, 0.15) is 17.4 Å². The number of carbonyl (C=O) groups excluding carboxylic acids is 2. The normalized spacial score (nSPS) is 18.6. The zero-order chi connectivity index (χ0) is 14.5. The Labute approximate surface area is 116 Å². The second kappa shape index (κ2) is 6.33. The molecule has 2 heterocycles. The van der Waals surface area contributed by atoms with Crippen LogP contribution in [0.3, 0.4) is 0 Å². The van der Waals surface area contributed by atoms with Gasteiger partial charge in [-0.1, -0.05) is 0 Å². The smallest absolute Gasteiger partial charge is 0.330 e. The van der Waals surface area contributed by atoms with Crippen LogP contribution in [0.5, 0.6) is 5.75 Å². The predicted molar refractivity (Wildman–Crippen MR) is 70.2 cm³/mol. The first kappa shape index (κ1) is 14.3. The highest BCUT2D eigenvalue weighted by atomic mass is 16.5. The van der Waals surface area contributed by atoms with E-state index in [1.54, 1.807) is 6.92 Å².